The first kappa shape index (κ1) is 16.6. The SMILES string of the molecule is COc1cc2nc(Cl)nc(N3CCC(C(N)=O)CC3)c2cc1OC. The average Bonchev–Trinajstić information content (AvgIpc) is 2.59. The zero-order chi connectivity index (χ0) is 17.3. The normalized spacial score (nSPS) is 15.5. The van der Waals surface area contributed by atoms with E-state index in [1.165, 1.54) is 0 Å². The highest BCUT2D eigenvalue weighted by Crippen LogP contribution is 2.36. The average molecular weight is 351 g/mol. The molecule has 1 aromatic heterocycles. The van der Waals surface area contributed by atoms with E-state index in [0.29, 0.717) is 42.9 Å². The van der Waals surface area contributed by atoms with Crippen LogP contribution < -0.4 is 20.1 Å². The summed E-state index contributed by atoms with van der Waals surface area (Å²) in [6, 6.07) is 3.63. The van der Waals surface area contributed by atoms with E-state index >= 15 is 0 Å². The summed E-state index contributed by atoms with van der Waals surface area (Å²) in [5.41, 5.74) is 6.08. The van der Waals surface area contributed by atoms with Crippen molar-refractivity contribution < 1.29 is 14.3 Å². The topological polar surface area (TPSA) is 90.6 Å². The van der Waals surface area contributed by atoms with Gasteiger partial charge in [-0.2, -0.15) is 4.98 Å². The van der Waals surface area contributed by atoms with Crippen LogP contribution in [0.3, 0.4) is 0 Å². The third kappa shape index (κ3) is 3.03. The van der Waals surface area contributed by atoms with Crippen LogP contribution in [0.4, 0.5) is 5.82 Å². The molecule has 0 aliphatic carbocycles. The number of nitrogens with two attached hydrogens (primary N) is 1. The lowest BCUT2D eigenvalue weighted by Gasteiger charge is -2.32. The Morgan fingerprint density at radius 3 is 2.42 bits per heavy atom. The predicted octanol–water partition coefficient (Wildman–Crippen LogP) is 2.00. The fraction of sp³-hybridized carbons (Fsp3) is 0.438. The van der Waals surface area contributed by atoms with Gasteiger partial charge in [0.25, 0.3) is 0 Å². The molecule has 0 bridgehead atoms. The van der Waals surface area contributed by atoms with Gasteiger partial charge in [-0.05, 0) is 30.5 Å². The molecule has 1 saturated heterocycles. The second-order valence-electron chi connectivity index (χ2n) is 5.70. The molecule has 1 aliphatic rings. The van der Waals surface area contributed by atoms with Crippen molar-refractivity contribution in [1.29, 1.82) is 0 Å². The van der Waals surface area contributed by atoms with E-state index in [4.69, 9.17) is 26.8 Å². The van der Waals surface area contributed by atoms with Gasteiger partial charge in [-0.3, -0.25) is 4.79 Å². The molecule has 1 aromatic carbocycles. The van der Waals surface area contributed by atoms with E-state index < -0.39 is 0 Å². The van der Waals surface area contributed by atoms with Gasteiger partial charge in [-0.15, -0.1) is 0 Å². The highest BCUT2D eigenvalue weighted by atomic mass is 35.5. The molecule has 2 N–H and O–H groups in total. The second kappa shape index (κ2) is 6.68. The minimum atomic E-state index is -0.244. The third-order valence-corrected chi connectivity index (χ3v) is 4.52. The quantitative estimate of drug-likeness (QED) is 0.848. The van der Waals surface area contributed by atoms with Gasteiger partial charge in [0.2, 0.25) is 11.2 Å². The molecular formula is C16H19ClN4O3. The van der Waals surface area contributed by atoms with Gasteiger partial charge in [0.15, 0.2) is 11.5 Å². The Balaban J connectivity index is 2.02. The van der Waals surface area contributed by atoms with Crippen molar-refractivity contribution in [3.8, 4) is 11.5 Å². The summed E-state index contributed by atoms with van der Waals surface area (Å²) >= 11 is 6.10. The number of rotatable bonds is 4. The molecule has 8 heteroatoms. The molecule has 2 heterocycles. The number of halogens is 1. The van der Waals surface area contributed by atoms with E-state index in [1.807, 2.05) is 6.07 Å². The van der Waals surface area contributed by atoms with Gasteiger partial charge >= 0.3 is 0 Å². The van der Waals surface area contributed by atoms with Crippen LogP contribution in [0, 0.1) is 5.92 Å². The van der Waals surface area contributed by atoms with Crippen LogP contribution in [0.15, 0.2) is 12.1 Å². The number of ether oxygens (including phenoxy) is 2. The number of amides is 1. The fourth-order valence-electron chi connectivity index (χ4n) is 3.03. The van der Waals surface area contributed by atoms with Crippen molar-refractivity contribution in [3.05, 3.63) is 17.4 Å². The number of methoxy groups -OCH3 is 2. The highest BCUT2D eigenvalue weighted by molar-refractivity contribution is 6.28. The Morgan fingerprint density at radius 1 is 1.21 bits per heavy atom. The van der Waals surface area contributed by atoms with Gasteiger partial charge < -0.3 is 20.1 Å². The lowest BCUT2D eigenvalue weighted by atomic mass is 9.96. The van der Waals surface area contributed by atoms with Crippen LogP contribution in [0.1, 0.15) is 12.8 Å². The summed E-state index contributed by atoms with van der Waals surface area (Å²) in [5, 5.41) is 0.997. The largest absolute Gasteiger partial charge is 0.493 e. The minimum Gasteiger partial charge on any atom is -0.493 e. The molecule has 2 aromatic rings. The van der Waals surface area contributed by atoms with E-state index in [2.05, 4.69) is 14.9 Å². The highest BCUT2D eigenvalue weighted by Gasteiger charge is 2.25. The predicted molar refractivity (Wildman–Crippen MR) is 91.8 cm³/mol. The maximum Gasteiger partial charge on any atom is 0.224 e. The minimum absolute atomic E-state index is 0.0838. The van der Waals surface area contributed by atoms with Crippen LogP contribution in [-0.2, 0) is 4.79 Å². The number of piperidine rings is 1. The Bertz CT molecular complexity index is 775. The Labute approximate surface area is 144 Å². The Hall–Kier alpha value is -2.28. The third-order valence-electron chi connectivity index (χ3n) is 4.35. The van der Waals surface area contributed by atoms with Crippen molar-refractivity contribution in [2.75, 3.05) is 32.2 Å². The number of hydrogen-bond acceptors (Lipinski definition) is 6. The molecule has 24 heavy (non-hydrogen) atoms. The van der Waals surface area contributed by atoms with Gasteiger partial charge in [0.1, 0.15) is 5.82 Å². The monoisotopic (exact) mass is 350 g/mol. The summed E-state index contributed by atoms with van der Waals surface area (Å²) in [5.74, 6) is 1.59. The fourth-order valence-corrected chi connectivity index (χ4v) is 3.20. The molecule has 0 radical (unpaired) electrons. The first-order valence-corrected chi connectivity index (χ1v) is 8.04. The number of nitrogens with zero attached hydrogens (tertiary/aromatic N) is 3. The van der Waals surface area contributed by atoms with Crippen molar-refractivity contribution in [1.82, 2.24) is 9.97 Å². The Morgan fingerprint density at radius 2 is 1.83 bits per heavy atom. The van der Waals surface area contributed by atoms with Crippen LogP contribution >= 0.6 is 11.6 Å². The second-order valence-corrected chi connectivity index (χ2v) is 6.04. The van der Waals surface area contributed by atoms with Crippen molar-refractivity contribution in [2.45, 2.75) is 12.8 Å². The summed E-state index contributed by atoms with van der Waals surface area (Å²) in [7, 11) is 3.15. The van der Waals surface area contributed by atoms with Crippen LogP contribution in [0.25, 0.3) is 10.9 Å². The molecule has 0 atom stereocenters. The molecule has 1 aliphatic heterocycles. The van der Waals surface area contributed by atoms with Gasteiger partial charge in [0.05, 0.1) is 19.7 Å². The van der Waals surface area contributed by atoms with Crippen LogP contribution in [0.2, 0.25) is 5.28 Å². The summed E-state index contributed by atoms with van der Waals surface area (Å²) in [4.78, 5) is 22.1. The lowest BCUT2D eigenvalue weighted by Crippen LogP contribution is -2.39. The van der Waals surface area contributed by atoms with Gasteiger partial charge in [-0.1, -0.05) is 0 Å². The molecule has 0 spiro atoms. The van der Waals surface area contributed by atoms with Crippen molar-refractivity contribution in [3.63, 3.8) is 0 Å². The molecule has 3 rings (SSSR count). The molecular weight excluding hydrogens is 332 g/mol. The smallest absolute Gasteiger partial charge is 0.224 e. The van der Waals surface area contributed by atoms with Crippen molar-refractivity contribution in [2.24, 2.45) is 11.7 Å². The number of fused-ring (bicyclic) bond motifs is 1. The van der Waals surface area contributed by atoms with E-state index in [1.54, 1.807) is 20.3 Å². The summed E-state index contributed by atoms with van der Waals surface area (Å²) < 4.78 is 10.7. The number of carbonyl (C=O) groups excluding carboxylic acids is 1. The summed E-state index contributed by atoms with van der Waals surface area (Å²) in [6.45, 7) is 1.37. The molecule has 0 unspecified atom stereocenters. The lowest BCUT2D eigenvalue weighted by molar-refractivity contribution is -0.122. The Kier molecular flexibility index (Phi) is 4.62. The number of hydrogen-bond donors (Lipinski definition) is 1. The molecule has 7 nitrogen and oxygen atoms in total. The molecule has 1 fully saturated rings. The summed E-state index contributed by atoms with van der Waals surface area (Å²) in [6.07, 6.45) is 1.40. The van der Waals surface area contributed by atoms with E-state index in [-0.39, 0.29) is 17.1 Å². The first-order valence-electron chi connectivity index (χ1n) is 7.67. The maximum atomic E-state index is 11.3. The van der Waals surface area contributed by atoms with E-state index in [9.17, 15) is 4.79 Å². The number of carbonyl (C=O) groups is 1. The zero-order valence-corrected chi connectivity index (χ0v) is 14.3. The maximum absolute atomic E-state index is 11.3. The van der Waals surface area contributed by atoms with Crippen LogP contribution in [0.5, 0.6) is 11.5 Å². The zero-order valence-electron chi connectivity index (χ0n) is 13.6. The number of aromatic nitrogens is 2. The van der Waals surface area contributed by atoms with Gasteiger partial charge in [0, 0.05) is 30.5 Å². The first-order chi connectivity index (χ1) is 11.5. The standard InChI is InChI=1S/C16H19ClN4O3/c1-23-12-7-10-11(8-13(12)24-2)19-16(17)20-15(10)21-5-3-9(4-6-21)14(18)22/h7-9H,3-6H2,1-2H3,(H2,18,22). The molecule has 128 valence electrons. The van der Waals surface area contributed by atoms with Gasteiger partial charge in [-0.25, -0.2) is 4.98 Å². The van der Waals surface area contributed by atoms with Crippen molar-refractivity contribution >= 4 is 34.2 Å². The number of benzene rings is 1. The van der Waals surface area contributed by atoms with Crippen LogP contribution in [-0.4, -0.2) is 43.2 Å². The van der Waals surface area contributed by atoms with E-state index in [0.717, 1.165) is 11.2 Å². The number of anilines is 1. The molecule has 0 saturated carbocycles. The molecule has 1 amide bonds. The number of primary amides is 1.